The normalized spacial score (nSPS) is 14.0. The molecule has 1 aliphatic rings. The lowest BCUT2D eigenvalue weighted by molar-refractivity contribution is 0.0735. The van der Waals surface area contributed by atoms with E-state index in [4.69, 9.17) is 9.72 Å². The van der Waals surface area contributed by atoms with Gasteiger partial charge in [-0.05, 0) is 60.4 Å². The number of aryl methyl sites for hydroxylation is 1. The number of carbonyl (C=O) groups excluding carboxylic acids is 1. The standard InChI is InChI=1S/C24H25NO2/c1-24(2,3)16-12-14-17(15-13-16)27-23(26)22-18-8-4-6-10-20(18)25-21-11-7-5-9-19(21)22/h4,6,8,10,12-15H,5,7,9,11H2,1-3H3. The van der Waals surface area contributed by atoms with Crippen LogP contribution in [0.25, 0.3) is 10.9 Å². The van der Waals surface area contributed by atoms with E-state index in [0.717, 1.165) is 47.8 Å². The van der Waals surface area contributed by atoms with E-state index < -0.39 is 0 Å². The second kappa shape index (κ2) is 6.80. The van der Waals surface area contributed by atoms with Crippen molar-refractivity contribution < 1.29 is 9.53 Å². The van der Waals surface area contributed by atoms with Crippen LogP contribution in [0.1, 0.15) is 60.8 Å². The topological polar surface area (TPSA) is 39.2 Å². The van der Waals surface area contributed by atoms with Crippen molar-refractivity contribution in [1.82, 2.24) is 4.98 Å². The van der Waals surface area contributed by atoms with Gasteiger partial charge in [-0.2, -0.15) is 0 Å². The molecule has 0 fully saturated rings. The molecular weight excluding hydrogens is 334 g/mol. The average Bonchev–Trinajstić information content (AvgIpc) is 2.65. The average molecular weight is 359 g/mol. The minimum Gasteiger partial charge on any atom is -0.423 e. The van der Waals surface area contributed by atoms with Crippen molar-refractivity contribution >= 4 is 16.9 Å². The first-order valence-corrected chi connectivity index (χ1v) is 9.67. The molecular formula is C24H25NO2. The lowest BCUT2D eigenvalue weighted by Crippen LogP contribution is -2.17. The Labute approximate surface area is 160 Å². The maximum Gasteiger partial charge on any atom is 0.344 e. The summed E-state index contributed by atoms with van der Waals surface area (Å²) in [5, 5.41) is 0.884. The smallest absolute Gasteiger partial charge is 0.344 e. The highest BCUT2D eigenvalue weighted by Crippen LogP contribution is 2.31. The largest absolute Gasteiger partial charge is 0.423 e. The second-order valence-corrected chi connectivity index (χ2v) is 8.30. The number of esters is 1. The highest BCUT2D eigenvalue weighted by molar-refractivity contribution is 6.05. The molecule has 3 aromatic rings. The van der Waals surface area contributed by atoms with Crippen LogP contribution in [0, 0.1) is 0 Å². The maximum absolute atomic E-state index is 13.1. The number of fused-ring (bicyclic) bond motifs is 2. The summed E-state index contributed by atoms with van der Waals surface area (Å²) in [6.45, 7) is 6.51. The molecule has 0 spiro atoms. The minimum absolute atomic E-state index is 0.0723. The highest BCUT2D eigenvalue weighted by Gasteiger charge is 2.24. The lowest BCUT2D eigenvalue weighted by atomic mass is 9.87. The van der Waals surface area contributed by atoms with Gasteiger partial charge in [0.05, 0.1) is 11.1 Å². The summed E-state index contributed by atoms with van der Waals surface area (Å²) in [6, 6.07) is 15.7. The number of aromatic nitrogens is 1. The summed E-state index contributed by atoms with van der Waals surface area (Å²) < 4.78 is 5.78. The third-order valence-electron chi connectivity index (χ3n) is 5.30. The molecule has 0 amide bonds. The number of para-hydroxylation sites is 1. The summed E-state index contributed by atoms with van der Waals surface area (Å²) in [5.74, 6) is 0.300. The highest BCUT2D eigenvalue weighted by atomic mass is 16.5. The predicted octanol–water partition coefficient (Wildman–Crippen LogP) is 5.63. The summed E-state index contributed by atoms with van der Waals surface area (Å²) in [4.78, 5) is 17.9. The molecule has 0 atom stereocenters. The van der Waals surface area contributed by atoms with Crippen LogP contribution in [0.2, 0.25) is 0 Å². The van der Waals surface area contributed by atoms with Crippen molar-refractivity contribution in [2.24, 2.45) is 0 Å². The van der Waals surface area contributed by atoms with E-state index in [2.05, 4.69) is 20.8 Å². The zero-order valence-corrected chi connectivity index (χ0v) is 16.2. The van der Waals surface area contributed by atoms with Gasteiger partial charge >= 0.3 is 5.97 Å². The van der Waals surface area contributed by atoms with Crippen molar-refractivity contribution in [3.63, 3.8) is 0 Å². The van der Waals surface area contributed by atoms with Crippen LogP contribution in [0.4, 0.5) is 0 Å². The number of carbonyl (C=O) groups is 1. The second-order valence-electron chi connectivity index (χ2n) is 8.30. The van der Waals surface area contributed by atoms with Crippen LogP contribution in [-0.4, -0.2) is 11.0 Å². The van der Waals surface area contributed by atoms with Gasteiger partial charge in [0.15, 0.2) is 0 Å². The Kier molecular flexibility index (Phi) is 4.47. The van der Waals surface area contributed by atoms with Crippen molar-refractivity contribution in [1.29, 1.82) is 0 Å². The molecule has 2 aromatic carbocycles. The number of pyridine rings is 1. The number of ether oxygens (including phenoxy) is 1. The Morgan fingerprint density at radius 3 is 2.41 bits per heavy atom. The van der Waals surface area contributed by atoms with Gasteiger partial charge in [0, 0.05) is 11.1 Å². The van der Waals surface area contributed by atoms with E-state index in [9.17, 15) is 4.79 Å². The molecule has 0 N–H and O–H groups in total. The Balaban J connectivity index is 1.72. The summed E-state index contributed by atoms with van der Waals surface area (Å²) >= 11 is 0. The zero-order valence-electron chi connectivity index (χ0n) is 16.2. The van der Waals surface area contributed by atoms with Crippen LogP contribution < -0.4 is 4.74 Å². The van der Waals surface area contributed by atoms with Gasteiger partial charge in [-0.25, -0.2) is 4.79 Å². The van der Waals surface area contributed by atoms with Crippen molar-refractivity contribution in [3.8, 4) is 5.75 Å². The van der Waals surface area contributed by atoms with Crippen molar-refractivity contribution in [3.05, 3.63) is 70.9 Å². The Morgan fingerprint density at radius 2 is 1.67 bits per heavy atom. The molecule has 1 heterocycles. The van der Waals surface area contributed by atoms with Crippen LogP contribution in [0.15, 0.2) is 48.5 Å². The fourth-order valence-corrected chi connectivity index (χ4v) is 3.79. The molecule has 0 aliphatic heterocycles. The van der Waals surface area contributed by atoms with E-state index in [0.29, 0.717) is 11.3 Å². The van der Waals surface area contributed by atoms with E-state index in [-0.39, 0.29) is 11.4 Å². The predicted molar refractivity (Wildman–Crippen MR) is 108 cm³/mol. The van der Waals surface area contributed by atoms with Gasteiger partial charge in [0.2, 0.25) is 0 Å². The van der Waals surface area contributed by atoms with Gasteiger partial charge < -0.3 is 4.74 Å². The molecule has 0 saturated heterocycles. The molecule has 3 nitrogen and oxygen atoms in total. The van der Waals surface area contributed by atoms with Crippen molar-refractivity contribution in [2.75, 3.05) is 0 Å². The number of nitrogens with zero attached hydrogens (tertiary/aromatic N) is 1. The molecule has 3 heteroatoms. The summed E-state index contributed by atoms with van der Waals surface area (Å²) in [5.41, 5.74) is 4.96. The quantitative estimate of drug-likeness (QED) is 0.440. The first-order chi connectivity index (χ1) is 12.9. The lowest BCUT2D eigenvalue weighted by Gasteiger charge is -2.20. The van der Waals surface area contributed by atoms with E-state index in [1.807, 2.05) is 48.5 Å². The molecule has 4 rings (SSSR count). The Bertz CT molecular complexity index is 997. The monoisotopic (exact) mass is 359 g/mol. The van der Waals surface area contributed by atoms with E-state index in [1.54, 1.807) is 0 Å². The molecule has 27 heavy (non-hydrogen) atoms. The fraction of sp³-hybridized carbons (Fsp3) is 0.333. The third-order valence-corrected chi connectivity index (χ3v) is 5.30. The van der Waals surface area contributed by atoms with E-state index >= 15 is 0 Å². The van der Waals surface area contributed by atoms with Crippen LogP contribution in [0.3, 0.4) is 0 Å². The number of hydrogen-bond donors (Lipinski definition) is 0. The van der Waals surface area contributed by atoms with Gasteiger partial charge in [-0.15, -0.1) is 0 Å². The Morgan fingerprint density at radius 1 is 0.963 bits per heavy atom. The SMILES string of the molecule is CC(C)(C)c1ccc(OC(=O)c2c3c(nc4ccccc24)CCCC3)cc1. The number of rotatable bonds is 2. The molecule has 0 radical (unpaired) electrons. The zero-order chi connectivity index (χ0) is 19.0. The Hall–Kier alpha value is -2.68. The van der Waals surface area contributed by atoms with Gasteiger partial charge in [-0.1, -0.05) is 51.1 Å². The van der Waals surface area contributed by atoms with Crippen LogP contribution >= 0.6 is 0 Å². The van der Waals surface area contributed by atoms with E-state index in [1.165, 1.54) is 5.56 Å². The fourth-order valence-electron chi connectivity index (χ4n) is 3.79. The van der Waals surface area contributed by atoms with Crippen LogP contribution in [0.5, 0.6) is 5.75 Å². The maximum atomic E-state index is 13.1. The minimum atomic E-state index is -0.282. The molecule has 0 saturated carbocycles. The van der Waals surface area contributed by atoms with Gasteiger partial charge in [0.1, 0.15) is 5.75 Å². The molecule has 138 valence electrons. The molecule has 0 unspecified atom stereocenters. The number of hydrogen-bond acceptors (Lipinski definition) is 3. The summed E-state index contributed by atoms with van der Waals surface area (Å²) in [6.07, 6.45) is 4.04. The molecule has 0 bridgehead atoms. The van der Waals surface area contributed by atoms with Crippen LogP contribution in [-0.2, 0) is 18.3 Å². The number of benzene rings is 2. The van der Waals surface area contributed by atoms with Gasteiger partial charge in [0.25, 0.3) is 0 Å². The van der Waals surface area contributed by atoms with Gasteiger partial charge in [-0.3, -0.25) is 4.98 Å². The summed E-state index contributed by atoms with van der Waals surface area (Å²) in [7, 11) is 0. The third kappa shape index (κ3) is 3.46. The molecule has 1 aliphatic carbocycles. The first kappa shape index (κ1) is 17.7. The first-order valence-electron chi connectivity index (χ1n) is 9.67. The van der Waals surface area contributed by atoms with Crippen molar-refractivity contribution in [2.45, 2.75) is 51.9 Å². The molecule has 1 aromatic heterocycles.